The lowest BCUT2D eigenvalue weighted by atomic mass is 10.1. The topological polar surface area (TPSA) is 35.6 Å². The zero-order valence-corrected chi connectivity index (χ0v) is 18.3. The van der Waals surface area contributed by atoms with Gasteiger partial charge in [-0.1, -0.05) is 48.5 Å². The van der Waals surface area contributed by atoms with Crippen LogP contribution in [-0.4, -0.2) is 19.1 Å². The molecule has 0 atom stereocenters. The summed E-state index contributed by atoms with van der Waals surface area (Å²) in [6, 6.07) is 36.1. The molecule has 0 unspecified atom stereocenters. The van der Waals surface area contributed by atoms with Crippen LogP contribution in [0.15, 0.2) is 122 Å². The summed E-state index contributed by atoms with van der Waals surface area (Å²) in [5.74, 6) is 0. The normalized spacial score (nSPS) is 11.5. The molecule has 7 aromatic rings. The average molecular weight is 437 g/mol. The number of hydrogen-bond acceptors (Lipinski definition) is 2. The van der Waals surface area contributed by atoms with Crippen LogP contribution in [0.1, 0.15) is 0 Å². The summed E-state index contributed by atoms with van der Waals surface area (Å²) in [5.41, 5.74) is 7.71. The van der Waals surface area contributed by atoms with Gasteiger partial charge in [0.05, 0.1) is 22.9 Å². The van der Waals surface area contributed by atoms with Crippen LogP contribution in [0.4, 0.5) is 0 Å². The van der Waals surface area contributed by atoms with E-state index in [4.69, 9.17) is 4.98 Å². The van der Waals surface area contributed by atoms with E-state index >= 15 is 0 Å². The molecule has 0 saturated heterocycles. The number of rotatable bonds is 3. The maximum Gasteiger partial charge on any atom is 0.144 e. The van der Waals surface area contributed by atoms with Gasteiger partial charge < -0.3 is 4.57 Å². The Morgan fingerprint density at radius 1 is 0.559 bits per heavy atom. The molecule has 4 heteroatoms. The molecule has 4 nitrogen and oxygen atoms in total. The van der Waals surface area contributed by atoms with E-state index in [9.17, 15) is 0 Å². The minimum atomic E-state index is 0.954. The van der Waals surface area contributed by atoms with E-state index in [1.165, 1.54) is 16.3 Å². The second kappa shape index (κ2) is 7.42. The quantitative estimate of drug-likeness (QED) is 0.294. The maximum atomic E-state index is 4.71. The van der Waals surface area contributed by atoms with Crippen molar-refractivity contribution >= 4 is 32.8 Å². The van der Waals surface area contributed by atoms with Gasteiger partial charge in [0.1, 0.15) is 5.65 Å². The summed E-state index contributed by atoms with van der Waals surface area (Å²) in [6.45, 7) is 0. The summed E-state index contributed by atoms with van der Waals surface area (Å²) in [7, 11) is 0. The Kier molecular flexibility index (Phi) is 4.11. The molecule has 0 bridgehead atoms. The highest BCUT2D eigenvalue weighted by molar-refractivity contribution is 6.08. The van der Waals surface area contributed by atoms with Crippen molar-refractivity contribution in [1.29, 1.82) is 0 Å². The first kappa shape index (κ1) is 18.8. The number of para-hydroxylation sites is 1. The van der Waals surface area contributed by atoms with Gasteiger partial charge in [-0.2, -0.15) is 0 Å². The predicted octanol–water partition coefficient (Wildman–Crippen LogP) is 7.18. The van der Waals surface area contributed by atoms with Gasteiger partial charge in [0.15, 0.2) is 0 Å². The molecule has 4 aromatic heterocycles. The fourth-order valence-corrected chi connectivity index (χ4v) is 4.96. The minimum absolute atomic E-state index is 0.954. The summed E-state index contributed by atoms with van der Waals surface area (Å²) < 4.78 is 4.52. The lowest BCUT2D eigenvalue weighted by molar-refractivity contribution is 1.09. The highest BCUT2D eigenvalue weighted by Gasteiger charge is 2.15. The number of aromatic nitrogens is 4. The maximum absolute atomic E-state index is 4.71. The first-order valence-corrected chi connectivity index (χ1v) is 11.3. The predicted molar refractivity (Wildman–Crippen MR) is 139 cm³/mol. The Bertz CT molecular complexity index is 1740. The van der Waals surface area contributed by atoms with Gasteiger partial charge in [0.2, 0.25) is 0 Å². The van der Waals surface area contributed by atoms with Crippen molar-refractivity contribution < 1.29 is 0 Å². The molecular formula is C30H20N4. The fraction of sp³-hybridized carbons (Fsp3) is 0. The molecule has 0 aliphatic rings. The van der Waals surface area contributed by atoms with Gasteiger partial charge in [0, 0.05) is 39.9 Å². The second-order valence-corrected chi connectivity index (χ2v) is 8.41. The molecule has 0 fully saturated rings. The lowest BCUT2D eigenvalue weighted by Crippen LogP contribution is -1.99. The molecule has 0 saturated carbocycles. The Morgan fingerprint density at radius 2 is 1.29 bits per heavy atom. The molecular weight excluding hydrogens is 416 g/mol. The standard InChI is InChI=1S/C30H20N4/c1-2-7-21(8-3-1)28-19-22-9-6-17-32-30(22)34(28)24-14-12-23(13-15-24)33-27-11-5-4-10-25(27)26-16-18-31-20-29(26)33/h1-20H. The number of hydrogen-bond donors (Lipinski definition) is 0. The Balaban J connectivity index is 1.43. The van der Waals surface area contributed by atoms with Crippen molar-refractivity contribution in [2.45, 2.75) is 0 Å². The Labute approximate surface area is 196 Å². The fourth-order valence-electron chi connectivity index (χ4n) is 4.96. The van der Waals surface area contributed by atoms with Crippen LogP contribution in [0, 0.1) is 0 Å². The summed E-state index contributed by atoms with van der Waals surface area (Å²) in [6.07, 6.45) is 5.66. The van der Waals surface area contributed by atoms with E-state index in [2.05, 4.69) is 105 Å². The van der Waals surface area contributed by atoms with Crippen molar-refractivity contribution in [1.82, 2.24) is 19.1 Å². The largest absolute Gasteiger partial charge is 0.308 e. The van der Waals surface area contributed by atoms with E-state index < -0.39 is 0 Å². The number of benzene rings is 3. The number of nitrogens with zero attached hydrogens (tertiary/aromatic N) is 4. The molecule has 0 aliphatic heterocycles. The van der Waals surface area contributed by atoms with Crippen molar-refractivity contribution in [3.05, 3.63) is 122 Å². The average Bonchev–Trinajstić information content (AvgIpc) is 3.46. The zero-order chi connectivity index (χ0) is 22.5. The molecule has 3 aromatic carbocycles. The van der Waals surface area contributed by atoms with Gasteiger partial charge >= 0.3 is 0 Å². The van der Waals surface area contributed by atoms with E-state index in [1.807, 2.05) is 30.7 Å². The van der Waals surface area contributed by atoms with E-state index in [-0.39, 0.29) is 0 Å². The molecule has 0 amide bonds. The molecule has 34 heavy (non-hydrogen) atoms. The van der Waals surface area contributed by atoms with Crippen molar-refractivity contribution in [2.24, 2.45) is 0 Å². The van der Waals surface area contributed by atoms with Gasteiger partial charge in [-0.15, -0.1) is 0 Å². The summed E-state index contributed by atoms with van der Waals surface area (Å²) in [4.78, 5) is 9.11. The van der Waals surface area contributed by atoms with E-state index in [1.54, 1.807) is 0 Å². The molecule has 0 spiro atoms. The minimum Gasteiger partial charge on any atom is -0.308 e. The van der Waals surface area contributed by atoms with Crippen molar-refractivity contribution in [3.8, 4) is 22.6 Å². The Morgan fingerprint density at radius 3 is 2.15 bits per heavy atom. The molecule has 0 N–H and O–H groups in total. The first-order chi connectivity index (χ1) is 16.9. The van der Waals surface area contributed by atoms with E-state index in [0.717, 1.165) is 39.2 Å². The highest BCUT2D eigenvalue weighted by atomic mass is 15.1. The molecule has 0 radical (unpaired) electrons. The van der Waals surface area contributed by atoms with Crippen LogP contribution in [0.25, 0.3) is 55.5 Å². The summed E-state index contributed by atoms with van der Waals surface area (Å²) in [5, 5.41) is 3.57. The smallest absolute Gasteiger partial charge is 0.144 e. The van der Waals surface area contributed by atoms with Gasteiger partial charge in [-0.05, 0) is 60.2 Å². The number of fused-ring (bicyclic) bond motifs is 4. The first-order valence-electron chi connectivity index (χ1n) is 11.3. The van der Waals surface area contributed by atoms with Gasteiger partial charge in [0.25, 0.3) is 0 Å². The third kappa shape index (κ3) is 2.79. The van der Waals surface area contributed by atoms with Crippen LogP contribution < -0.4 is 0 Å². The van der Waals surface area contributed by atoms with Crippen molar-refractivity contribution in [3.63, 3.8) is 0 Å². The van der Waals surface area contributed by atoms with Crippen LogP contribution in [0.2, 0.25) is 0 Å². The van der Waals surface area contributed by atoms with Crippen LogP contribution in [0.3, 0.4) is 0 Å². The SMILES string of the molecule is c1ccc(-c2cc3cccnc3n2-c2ccc(-n3c4ccccc4c4ccncc43)cc2)cc1. The lowest BCUT2D eigenvalue weighted by Gasteiger charge is -2.13. The van der Waals surface area contributed by atoms with Gasteiger partial charge in [-0.3, -0.25) is 9.55 Å². The number of pyridine rings is 2. The van der Waals surface area contributed by atoms with Crippen LogP contribution in [0.5, 0.6) is 0 Å². The van der Waals surface area contributed by atoms with Gasteiger partial charge in [-0.25, -0.2) is 4.98 Å². The van der Waals surface area contributed by atoms with Crippen LogP contribution >= 0.6 is 0 Å². The van der Waals surface area contributed by atoms with Crippen molar-refractivity contribution in [2.75, 3.05) is 0 Å². The monoisotopic (exact) mass is 436 g/mol. The molecule has 4 heterocycles. The second-order valence-electron chi connectivity index (χ2n) is 8.41. The molecule has 0 aliphatic carbocycles. The molecule has 160 valence electrons. The highest BCUT2D eigenvalue weighted by Crippen LogP contribution is 2.33. The van der Waals surface area contributed by atoms with E-state index in [0.29, 0.717) is 0 Å². The molecule has 7 rings (SSSR count). The van der Waals surface area contributed by atoms with Crippen LogP contribution in [-0.2, 0) is 0 Å². The third-order valence-electron chi connectivity index (χ3n) is 6.47. The Hall–Kier alpha value is -4.70. The zero-order valence-electron chi connectivity index (χ0n) is 18.3. The summed E-state index contributed by atoms with van der Waals surface area (Å²) >= 11 is 0. The third-order valence-corrected chi connectivity index (χ3v) is 6.47.